The van der Waals surface area contributed by atoms with Crippen molar-refractivity contribution in [3.63, 3.8) is 0 Å². The average molecular weight is 385 g/mol. The molecule has 1 aromatic heterocycles. The number of carbonyl (C=O) groups excluding carboxylic acids is 2. The lowest BCUT2D eigenvalue weighted by molar-refractivity contribution is 0.0829. The Labute approximate surface area is 162 Å². The van der Waals surface area contributed by atoms with Crippen LogP contribution >= 0.6 is 11.6 Å². The molecule has 0 spiro atoms. The number of aromatic nitrogens is 2. The van der Waals surface area contributed by atoms with Crippen molar-refractivity contribution in [1.82, 2.24) is 20.6 Å². The van der Waals surface area contributed by atoms with E-state index in [1.165, 1.54) is 12.4 Å². The smallest absolute Gasteiger partial charge is 0.271 e. The van der Waals surface area contributed by atoms with Crippen LogP contribution in [-0.2, 0) is 0 Å². The van der Waals surface area contributed by atoms with Gasteiger partial charge >= 0.3 is 0 Å². The van der Waals surface area contributed by atoms with Crippen molar-refractivity contribution in [3.8, 4) is 0 Å². The van der Waals surface area contributed by atoms with Gasteiger partial charge in [0.1, 0.15) is 5.69 Å². The van der Waals surface area contributed by atoms with Crippen LogP contribution in [0.5, 0.6) is 0 Å². The van der Waals surface area contributed by atoms with Crippen LogP contribution in [0.15, 0.2) is 42.9 Å². The minimum Gasteiger partial charge on any atom is -0.347 e. The van der Waals surface area contributed by atoms with Gasteiger partial charge in [0.15, 0.2) is 0 Å². The van der Waals surface area contributed by atoms with E-state index in [4.69, 9.17) is 11.6 Å². The Kier molecular flexibility index (Phi) is 4.60. The van der Waals surface area contributed by atoms with E-state index < -0.39 is 0 Å². The van der Waals surface area contributed by atoms with Gasteiger partial charge in [-0.2, -0.15) is 0 Å². The number of halogens is 1. The standard InChI is InChI=1S/C20H21ClN4O2/c21-15-4-1-3-14(11-15)17(26)24-19-5-2-6-20(13-19,8-7-19)25-18(27)16-12-22-9-10-23-16/h1,3-4,9-12H,2,5-8,13H2,(H,24,26)(H,25,27)/t19-,20-/m1/s1. The quantitative estimate of drug-likeness (QED) is 0.848. The highest BCUT2D eigenvalue weighted by Gasteiger charge is 2.52. The first-order chi connectivity index (χ1) is 13.0. The molecule has 0 saturated heterocycles. The zero-order valence-electron chi connectivity index (χ0n) is 14.9. The van der Waals surface area contributed by atoms with Gasteiger partial charge in [0.25, 0.3) is 11.8 Å². The summed E-state index contributed by atoms with van der Waals surface area (Å²) in [6.07, 6.45) is 9.73. The van der Waals surface area contributed by atoms with Gasteiger partial charge in [0.2, 0.25) is 0 Å². The van der Waals surface area contributed by atoms with Crippen LogP contribution in [0.25, 0.3) is 0 Å². The fraction of sp³-hybridized carbons (Fsp3) is 0.400. The minimum atomic E-state index is -0.297. The summed E-state index contributed by atoms with van der Waals surface area (Å²) in [7, 11) is 0. The lowest BCUT2D eigenvalue weighted by Gasteiger charge is -2.40. The van der Waals surface area contributed by atoms with Crippen LogP contribution < -0.4 is 10.6 Å². The summed E-state index contributed by atoms with van der Waals surface area (Å²) >= 11 is 6.01. The molecule has 0 aliphatic heterocycles. The SMILES string of the molecule is O=C(N[C@]12CCC[C@@](NC(=O)c3cnccn3)(CC1)C2)c1cccc(Cl)c1. The fourth-order valence-corrected chi connectivity index (χ4v) is 4.69. The maximum absolute atomic E-state index is 12.7. The molecule has 2 N–H and O–H groups in total. The molecule has 2 bridgehead atoms. The van der Waals surface area contributed by atoms with E-state index in [0.717, 1.165) is 38.5 Å². The fourth-order valence-electron chi connectivity index (χ4n) is 4.50. The number of carbonyl (C=O) groups is 2. The van der Waals surface area contributed by atoms with E-state index >= 15 is 0 Å². The van der Waals surface area contributed by atoms with Crippen molar-refractivity contribution in [2.75, 3.05) is 0 Å². The number of hydrogen-bond acceptors (Lipinski definition) is 4. The number of benzene rings is 1. The molecule has 2 amide bonds. The molecule has 2 aliphatic rings. The first kappa shape index (κ1) is 17.9. The predicted molar refractivity (Wildman–Crippen MR) is 102 cm³/mol. The molecule has 6 nitrogen and oxygen atoms in total. The van der Waals surface area contributed by atoms with Gasteiger partial charge in [-0.15, -0.1) is 0 Å². The molecule has 2 atom stereocenters. The van der Waals surface area contributed by atoms with Crippen molar-refractivity contribution in [2.24, 2.45) is 0 Å². The molecular formula is C20H21ClN4O2. The van der Waals surface area contributed by atoms with E-state index in [2.05, 4.69) is 20.6 Å². The van der Waals surface area contributed by atoms with E-state index in [-0.39, 0.29) is 22.9 Å². The molecule has 4 rings (SSSR count). The monoisotopic (exact) mass is 384 g/mol. The molecule has 2 aliphatic carbocycles. The maximum atomic E-state index is 12.7. The highest BCUT2D eigenvalue weighted by molar-refractivity contribution is 6.30. The van der Waals surface area contributed by atoms with Crippen LogP contribution in [0.2, 0.25) is 5.02 Å². The number of hydrogen-bond donors (Lipinski definition) is 2. The Hall–Kier alpha value is -2.47. The zero-order valence-corrected chi connectivity index (χ0v) is 15.6. The number of rotatable bonds is 4. The molecule has 2 saturated carbocycles. The van der Waals surface area contributed by atoms with Crippen molar-refractivity contribution in [3.05, 3.63) is 59.1 Å². The third-order valence-electron chi connectivity index (χ3n) is 5.71. The Morgan fingerprint density at radius 3 is 2.41 bits per heavy atom. The van der Waals surface area contributed by atoms with Crippen molar-refractivity contribution < 1.29 is 9.59 Å². The summed E-state index contributed by atoms with van der Waals surface area (Å²) < 4.78 is 0. The third-order valence-corrected chi connectivity index (χ3v) is 5.94. The summed E-state index contributed by atoms with van der Waals surface area (Å²) in [5.74, 6) is -0.322. The number of nitrogens with one attached hydrogen (secondary N) is 2. The number of nitrogens with zero attached hydrogens (tertiary/aromatic N) is 2. The Bertz CT molecular complexity index is 875. The van der Waals surface area contributed by atoms with Gasteiger partial charge in [0.05, 0.1) is 6.20 Å². The van der Waals surface area contributed by atoms with Crippen LogP contribution in [0, 0.1) is 0 Å². The molecule has 2 fully saturated rings. The second kappa shape index (κ2) is 6.93. The summed E-state index contributed by atoms with van der Waals surface area (Å²) in [5, 5.41) is 6.94. The molecule has 2 aromatic rings. The van der Waals surface area contributed by atoms with Crippen LogP contribution in [0.1, 0.15) is 59.4 Å². The number of amides is 2. The third kappa shape index (κ3) is 3.67. The lowest BCUT2D eigenvalue weighted by atomic mass is 9.78. The first-order valence-corrected chi connectivity index (χ1v) is 9.54. The van der Waals surface area contributed by atoms with Gasteiger partial charge in [-0.1, -0.05) is 17.7 Å². The summed E-state index contributed by atoms with van der Waals surface area (Å²) in [6, 6.07) is 6.96. The first-order valence-electron chi connectivity index (χ1n) is 9.16. The van der Waals surface area contributed by atoms with Gasteiger partial charge in [-0.25, -0.2) is 4.98 Å². The molecule has 0 unspecified atom stereocenters. The second-order valence-electron chi connectivity index (χ2n) is 7.60. The molecular weight excluding hydrogens is 364 g/mol. The van der Waals surface area contributed by atoms with Gasteiger partial charge < -0.3 is 10.6 Å². The van der Waals surface area contributed by atoms with Gasteiger partial charge in [-0.3, -0.25) is 14.6 Å². The maximum Gasteiger partial charge on any atom is 0.271 e. The van der Waals surface area contributed by atoms with Gasteiger partial charge in [0, 0.05) is 34.1 Å². The predicted octanol–water partition coefficient (Wildman–Crippen LogP) is 3.14. The molecule has 140 valence electrons. The second-order valence-corrected chi connectivity index (χ2v) is 8.04. The van der Waals surface area contributed by atoms with E-state index in [1.807, 2.05) is 0 Å². The van der Waals surface area contributed by atoms with E-state index in [9.17, 15) is 9.59 Å². The Morgan fingerprint density at radius 1 is 1.00 bits per heavy atom. The van der Waals surface area contributed by atoms with E-state index in [0.29, 0.717) is 16.3 Å². The molecule has 1 aromatic carbocycles. The summed E-state index contributed by atoms with van der Waals surface area (Å²) in [5.41, 5.74) is 0.295. The highest BCUT2D eigenvalue weighted by Crippen LogP contribution is 2.48. The van der Waals surface area contributed by atoms with E-state index in [1.54, 1.807) is 30.5 Å². The molecule has 1 heterocycles. The summed E-state index contributed by atoms with van der Waals surface area (Å²) in [6.45, 7) is 0. The van der Waals surface area contributed by atoms with Crippen molar-refractivity contribution in [2.45, 2.75) is 49.6 Å². The lowest BCUT2D eigenvalue weighted by Crippen LogP contribution is -2.55. The normalized spacial score (nSPS) is 26.4. The Morgan fingerprint density at radius 2 is 1.74 bits per heavy atom. The minimum absolute atomic E-state index is 0.115. The molecule has 7 heteroatoms. The van der Waals surface area contributed by atoms with Crippen LogP contribution in [-0.4, -0.2) is 32.9 Å². The number of fused-ring (bicyclic) bond motifs is 2. The summed E-state index contributed by atoms with van der Waals surface area (Å²) in [4.78, 5) is 33.3. The van der Waals surface area contributed by atoms with Crippen LogP contribution in [0.4, 0.5) is 0 Å². The average Bonchev–Trinajstić information content (AvgIpc) is 2.92. The van der Waals surface area contributed by atoms with Crippen molar-refractivity contribution >= 4 is 23.4 Å². The molecule has 27 heavy (non-hydrogen) atoms. The van der Waals surface area contributed by atoms with Crippen LogP contribution in [0.3, 0.4) is 0 Å². The van der Waals surface area contributed by atoms with Gasteiger partial charge in [-0.05, 0) is 56.7 Å². The van der Waals surface area contributed by atoms with Crippen molar-refractivity contribution in [1.29, 1.82) is 0 Å². The topological polar surface area (TPSA) is 84.0 Å². The largest absolute Gasteiger partial charge is 0.347 e. The zero-order chi connectivity index (χ0) is 18.9. The highest BCUT2D eigenvalue weighted by atomic mass is 35.5. The Balaban J connectivity index is 1.48. The molecule has 0 radical (unpaired) electrons.